The molecule has 1 N–H and O–H groups in total. The number of benzene rings is 2. The van der Waals surface area contributed by atoms with Crippen LogP contribution in [0.2, 0.25) is 5.02 Å². The van der Waals surface area contributed by atoms with Crippen molar-refractivity contribution in [1.29, 1.82) is 0 Å². The molecule has 2 aromatic carbocycles. The van der Waals surface area contributed by atoms with Gasteiger partial charge < -0.3 is 14.7 Å². The molecule has 1 unspecified atom stereocenters. The van der Waals surface area contributed by atoms with Crippen LogP contribution >= 0.6 is 11.6 Å². The molecule has 1 saturated heterocycles. The molecule has 1 aliphatic rings. The summed E-state index contributed by atoms with van der Waals surface area (Å²) in [7, 11) is 0. The minimum absolute atomic E-state index is 0.00338. The van der Waals surface area contributed by atoms with Crippen LogP contribution in [-0.4, -0.2) is 27.6 Å². The number of nitrogens with one attached hydrogen (secondary N) is 1. The molecule has 1 fully saturated rings. The van der Waals surface area contributed by atoms with E-state index in [1.807, 2.05) is 0 Å². The topological polar surface area (TPSA) is 71.3 Å². The zero-order valence-corrected chi connectivity index (χ0v) is 15.6. The van der Waals surface area contributed by atoms with Gasteiger partial charge in [0.05, 0.1) is 10.6 Å². The van der Waals surface area contributed by atoms with Crippen LogP contribution in [0.1, 0.15) is 24.8 Å². The Morgan fingerprint density at radius 3 is 2.76 bits per heavy atom. The molecule has 0 radical (unpaired) electrons. The lowest BCUT2D eigenvalue weighted by Crippen LogP contribution is -2.34. The van der Waals surface area contributed by atoms with Crippen molar-refractivity contribution in [3.63, 3.8) is 0 Å². The van der Waals surface area contributed by atoms with Gasteiger partial charge in [0, 0.05) is 18.3 Å². The Kier molecular flexibility index (Phi) is 5.14. The van der Waals surface area contributed by atoms with E-state index in [4.69, 9.17) is 16.1 Å². The van der Waals surface area contributed by atoms with E-state index in [-0.39, 0.29) is 22.3 Å². The predicted octanol–water partition coefficient (Wildman–Crippen LogP) is 5.18. The van der Waals surface area contributed by atoms with Crippen molar-refractivity contribution < 1.29 is 22.5 Å². The summed E-state index contributed by atoms with van der Waals surface area (Å²) in [6, 6.07) is 5.96. The van der Waals surface area contributed by atoms with E-state index < -0.39 is 29.5 Å². The largest absolute Gasteiger partial charge is 0.337 e. The van der Waals surface area contributed by atoms with Gasteiger partial charge in [-0.3, -0.25) is 0 Å². The number of hydrogen-bond acceptors (Lipinski definition) is 4. The first-order valence-electron chi connectivity index (χ1n) is 8.74. The van der Waals surface area contributed by atoms with Gasteiger partial charge in [-0.05, 0) is 43.2 Å². The Morgan fingerprint density at radius 1 is 1.17 bits per heavy atom. The van der Waals surface area contributed by atoms with Crippen LogP contribution in [0.5, 0.6) is 0 Å². The number of likely N-dealkylation sites (tertiary alicyclic amines) is 1. The lowest BCUT2D eigenvalue weighted by molar-refractivity contribution is 0.193. The number of anilines is 1. The van der Waals surface area contributed by atoms with Gasteiger partial charge in [-0.25, -0.2) is 18.0 Å². The van der Waals surface area contributed by atoms with Crippen molar-refractivity contribution in [3.8, 4) is 11.4 Å². The fourth-order valence-electron chi connectivity index (χ4n) is 3.19. The maximum Gasteiger partial charge on any atom is 0.322 e. The van der Waals surface area contributed by atoms with Crippen LogP contribution in [0.15, 0.2) is 40.9 Å². The van der Waals surface area contributed by atoms with Gasteiger partial charge in [0.2, 0.25) is 11.7 Å². The SMILES string of the molecule is O=C(Nc1ccc(F)c(Cl)c1)N1CCCC1c1nc(-c2ccc(F)cc2F)no1. The second kappa shape index (κ2) is 7.75. The van der Waals surface area contributed by atoms with Gasteiger partial charge in [-0.2, -0.15) is 4.98 Å². The summed E-state index contributed by atoms with van der Waals surface area (Å²) in [6.45, 7) is 0.439. The summed E-state index contributed by atoms with van der Waals surface area (Å²) in [5.41, 5.74) is 0.336. The smallest absolute Gasteiger partial charge is 0.322 e. The molecule has 0 saturated carbocycles. The van der Waals surface area contributed by atoms with Crippen molar-refractivity contribution in [1.82, 2.24) is 15.0 Å². The van der Waals surface area contributed by atoms with E-state index in [1.54, 1.807) is 0 Å². The summed E-state index contributed by atoms with van der Waals surface area (Å²) < 4.78 is 45.6. The number of nitrogens with zero attached hydrogens (tertiary/aromatic N) is 3. The Labute approximate surface area is 168 Å². The third-order valence-corrected chi connectivity index (χ3v) is 4.87. The number of rotatable bonds is 3. The number of carbonyl (C=O) groups excluding carboxylic acids is 1. The lowest BCUT2D eigenvalue weighted by Gasteiger charge is -2.22. The third-order valence-electron chi connectivity index (χ3n) is 4.58. The average Bonchev–Trinajstić information content (AvgIpc) is 3.34. The summed E-state index contributed by atoms with van der Waals surface area (Å²) >= 11 is 5.74. The highest BCUT2D eigenvalue weighted by atomic mass is 35.5. The normalized spacial score (nSPS) is 16.3. The fraction of sp³-hybridized carbons (Fsp3) is 0.211. The monoisotopic (exact) mass is 422 g/mol. The molecule has 1 aliphatic heterocycles. The molecule has 3 aromatic rings. The fourth-order valence-corrected chi connectivity index (χ4v) is 3.37. The molecule has 10 heteroatoms. The van der Waals surface area contributed by atoms with Crippen molar-refractivity contribution >= 4 is 23.3 Å². The molecule has 2 heterocycles. The first-order valence-corrected chi connectivity index (χ1v) is 9.12. The van der Waals surface area contributed by atoms with Crippen molar-refractivity contribution in [2.75, 3.05) is 11.9 Å². The molecular formula is C19H14ClF3N4O2. The predicted molar refractivity (Wildman–Crippen MR) is 98.8 cm³/mol. The number of urea groups is 1. The molecule has 4 rings (SSSR count). The van der Waals surface area contributed by atoms with E-state index in [2.05, 4.69) is 15.5 Å². The van der Waals surface area contributed by atoms with Crippen LogP contribution in [0.25, 0.3) is 11.4 Å². The molecule has 0 aliphatic carbocycles. The number of carbonyl (C=O) groups is 1. The summed E-state index contributed by atoms with van der Waals surface area (Å²) in [4.78, 5) is 18.3. The quantitative estimate of drug-likeness (QED) is 0.631. The highest BCUT2D eigenvalue weighted by Gasteiger charge is 2.34. The number of aromatic nitrogens is 2. The van der Waals surface area contributed by atoms with Gasteiger partial charge in [0.1, 0.15) is 23.5 Å². The van der Waals surface area contributed by atoms with Crippen molar-refractivity contribution in [2.24, 2.45) is 0 Å². The lowest BCUT2D eigenvalue weighted by atomic mass is 10.2. The van der Waals surface area contributed by atoms with Gasteiger partial charge in [0.25, 0.3) is 0 Å². The Morgan fingerprint density at radius 2 is 2.00 bits per heavy atom. The van der Waals surface area contributed by atoms with Crippen LogP contribution < -0.4 is 5.32 Å². The van der Waals surface area contributed by atoms with E-state index in [9.17, 15) is 18.0 Å². The highest BCUT2D eigenvalue weighted by molar-refractivity contribution is 6.31. The minimum atomic E-state index is -0.813. The maximum atomic E-state index is 14.0. The van der Waals surface area contributed by atoms with Crippen molar-refractivity contribution in [3.05, 3.63) is 64.8 Å². The van der Waals surface area contributed by atoms with Crippen LogP contribution in [0.3, 0.4) is 0 Å². The zero-order chi connectivity index (χ0) is 20.5. The highest BCUT2D eigenvalue weighted by Crippen LogP contribution is 2.33. The standard InChI is InChI=1S/C19H14ClF3N4O2/c20-13-9-11(4-6-14(13)22)24-19(28)27-7-1-2-16(27)18-25-17(26-29-18)12-5-3-10(21)8-15(12)23/h3-6,8-9,16H,1-2,7H2,(H,24,28). The molecule has 0 spiro atoms. The molecule has 150 valence electrons. The summed E-state index contributed by atoms with van der Waals surface area (Å²) in [5, 5.41) is 6.30. The van der Waals surface area contributed by atoms with E-state index in [1.165, 1.54) is 23.1 Å². The molecule has 0 bridgehead atoms. The molecule has 6 nitrogen and oxygen atoms in total. The Hall–Kier alpha value is -3.07. The van der Waals surface area contributed by atoms with Crippen LogP contribution in [-0.2, 0) is 0 Å². The average molecular weight is 423 g/mol. The molecule has 2 amide bonds. The molecule has 1 atom stereocenters. The second-order valence-corrected chi connectivity index (χ2v) is 6.90. The molecule has 1 aromatic heterocycles. The summed E-state index contributed by atoms with van der Waals surface area (Å²) in [6.07, 6.45) is 1.27. The first kappa shape index (κ1) is 19.3. The Balaban J connectivity index is 1.53. The Bertz CT molecular complexity index is 1080. The van der Waals surface area contributed by atoms with E-state index in [0.29, 0.717) is 25.1 Å². The van der Waals surface area contributed by atoms with Crippen molar-refractivity contribution in [2.45, 2.75) is 18.9 Å². The molecule has 29 heavy (non-hydrogen) atoms. The van der Waals surface area contributed by atoms with Crippen LogP contribution in [0.4, 0.5) is 23.7 Å². The third kappa shape index (κ3) is 3.91. The number of halogens is 4. The molecular weight excluding hydrogens is 409 g/mol. The number of hydrogen-bond donors (Lipinski definition) is 1. The summed E-state index contributed by atoms with van der Waals surface area (Å²) in [5.74, 6) is -2.00. The zero-order valence-electron chi connectivity index (χ0n) is 14.8. The van der Waals surface area contributed by atoms with E-state index in [0.717, 1.165) is 18.2 Å². The van der Waals surface area contributed by atoms with Gasteiger partial charge in [-0.1, -0.05) is 16.8 Å². The minimum Gasteiger partial charge on any atom is -0.337 e. The maximum absolute atomic E-state index is 14.0. The van der Waals surface area contributed by atoms with Crippen LogP contribution in [0, 0.1) is 17.5 Å². The van der Waals surface area contributed by atoms with Gasteiger partial charge in [-0.15, -0.1) is 0 Å². The van der Waals surface area contributed by atoms with Gasteiger partial charge in [0.15, 0.2) is 0 Å². The number of amides is 2. The van der Waals surface area contributed by atoms with E-state index >= 15 is 0 Å². The first-order chi connectivity index (χ1) is 13.9. The van der Waals surface area contributed by atoms with Gasteiger partial charge >= 0.3 is 6.03 Å². The second-order valence-electron chi connectivity index (χ2n) is 6.49.